The maximum Gasteiger partial charge on any atom is 0.224 e. The van der Waals surface area contributed by atoms with Crippen molar-refractivity contribution in [3.05, 3.63) is 34.5 Å². The quantitative estimate of drug-likeness (QED) is 0.463. The van der Waals surface area contributed by atoms with E-state index in [0.29, 0.717) is 17.8 Å². The highest BCUT2D eigenvalue weighted by Gasteiger charge is 2.22. The van der Waals surface area contributed by atoms with Gasteiger partial charge in [-0.1, -0.05) is 6.58 Å². The zero-order chi connectivity index (χ0) is 18.6. The Kier molecular flexibility index (Phi) is 6.85. The molecule has 1 aliphatic rings. The van der Waals surface area contributed by atoms with E-state index in [2.05, 4.69) is 40.6 Å². The summed E-state index contributed by atoms with van der Waals surface area (Å²) >= 11 is 6.10. The number of nitrogens with zero attached hydrogens (tertiary/aromatic N) is 3. The summed E-state index contributed by atoms with van der Waals surface area (Å²) in [5, 5.41) is 3.82. The molecular weight excluding hydrogens is 336 g/mol. The van der Waals surface area contributed by atoms with Crippen molar-refractivity contribution in [2.75, 3.05) is 25.5 Å². The van der Waals surface area contributed by atoms with Crippen LogP contribution in [0.2, 0.25) is 5.28 Å². The molecule has 0 amide bonds. The maximum atomic E-state index is 6.10. The fraction of sp³-hybridized carbons (Fsp3) is 0.579. The highest BCUT2D eigenvalue weighted by atomic mass is 35.5. The largest absolute Gasteiger partial charge is 0.496 e. The molecule has 1 aliphatic heterocycles. The molecule has 25 heavy (non-hydrogen) atoms. The molecule has 1 fully saturated rings. The van der Waals surface area contributed by atoms with Crippen molar-refractivity contribution in [1.82, 2.24) is 14.9 Å². The second-order valence-corrected chi connectivity index (χ2v) is 7.22. The molecule has 0 unspecified atom stereocenters. The molecule has 6 heteroatoms. The van der Waals surface area contributed by atoms with E-state index in [0.717, 1.165) is 48.6 Å². The van der Waals surface area contributed by atoms with E-state index in [-0.39, 0.29) is 5.28 Å². The number of rotatable bonds is 6. The van der Waals surface area contributed by atoms with Gasteiger partial charge in [-0.15, -0.1) is 0 Å². The monoisotopic (exact) mass is 364 g/mol. The lowest BCUT2D eigenvalue weighted by molar-refractivity contribution is 0.177. The Balaban J connectivity index is 2.24. The van der Waals surface area contributed by atoms with Gasteiger partial charge in [0.25, 0.3) is 0 Å². The molecule has 0 bridgehead atoms. The third-order valence-electron chi connectivity index (χ3n) is 4.63. The summed E-state index contributed by atoms with van der Waals surface area (Å²) in [6, 6.07) is 0.971. The third-order valence-corrected chi connectivity index (χ3v) is 4.79. The smallest absolute Gasteiger partial charge is 0.224 e. The van der Waals surface area contributed by atoms with Crippen LogP contribution in [0, 0.1) is 6.92 Å². The number of hydrogen-bond acceptors (Lipinski definition) is 5. The number of ether oxygens (including phenoxy) is 1. The minimum atomic E-state index is 0.256. The van der Waals surface area contributed by atoms with Gasteiger partial charge in [0.05, 0.1) is 12.8 Å². The first-order valence-electron chi connectivity index (χ1n) is 8.78. The van der Waals surface area contributed by atoms with Crippen LogP contribution in [0.3, 0.4) is 0 Å². The summed E-state index contributed by atoms with van der Waals surface area (Å²) in [6.07, 6.45) is 4.10. The number of piperidine rings is 1. The number of likely N-dealkylation sites (tertiary alicyclic amines) is 1. The lowest BCUT2D eigenvalue weighted by atomic mass is 10.0. The second kappa shape index (κ2) is 8.68. The molecule has 0 aromatic carbocycles. The van der Waals surface area contributed by atoms with Gasteiger partial charge in [-0.25, -0.2) is 9.97 Å². The summed E-state index contributed by atoms with van der Waals surface area (Å²) in [7, 11) is 1.64. The molecule has 1 aromatic heterocycles. The van der Waals surface area contributed by atoms with Gasteiger partial charge < -0.3 is 15.0 Å². The molecule has 1 aromatic rings. The molecule has 2 heterocycles. The molecular formula is C19H29ClN4O. The first-order chi connectivity index (χ1) is 11.8. The summed E-state index contributed by atoms with van der Waals surface area (Å²) in [6.45, 7) is 14.5. The number of halogens is 1. The van der Waals surface area contributed by atoms with Crippen LogP contribution in [-0.2, 0) is 4.74 Å². The minimum Gasteiger partial charge on any atom is -0.496 e. The topological polar surface area (TPSA) is 50.3 Å². The average Bonchev–Trinajstić information content (AvgIpc) is 2.54. The van der Waals surface area contributed by atoms with E-state index in [1.807, 2.05) is 19.9 Å². The van der Waals surface area contributed by atoms with Crippen LogP contribution in [-0.4, -0.2) is 47.2 Å². The molecule has 0 aliphatic carbocycles. The Morgan fingerprint density at radius 3 is 2.52 bits per heavy atom. The van der Waals surface area contributed by atoms with Crippen molar-refractivity contribution in [3.63, 3.8) is 0 Å². The van der Waals surface area contributed by atoms with E-state index in [1.54, 1.807) is 7.11 Å². The van der Waals surface area contributed by atoms with E-state index in [9.17, 15) is 0 Å². The van der Waals surface area contributed by atoms with Crippen LogP contribution in [0.5, 0.6) is 0 Å². The Morgan fingerprint density at radius 1 is 1.36 bits per heavy atom. The molecule has 1 saturated heterocycles. The van der Waals surface area contributed by atoms with Crippen LogP contribution in [0.1, 0.15) is 44.9 Å². The number of methoxy groups -OCH3 is 1. The number of nitrogens with one attached hydrogen (secondary N) is 1. The molecule has 5 nitrogen and oxygen atoms in total. The molecule has 1 N–H and O–H groups in total. The fourth-order valence-electron chi connectivity index (χ4n) is 3.07. The third kappa shape index (κ3) is 5.19. The van der Waals surface area contributed by atoms with Gasteiger partial charge in [0.15, 0.2) is 0 Å². The summed E-state index contributed by atoms with van der Waals surface area (Å²) < 4.78 is 5.42. The standard InChI is InChI=1S/C19H29ClN4O/c1-12(2)17(25-6)11-16-14(5)21-19(20)23-18(16)22-15-7-9-24(10-8-15)13(3)4/h11,13,15H,1,7-10H2,2-6H3,(H,21,22,23)/b17-11+. The summed E-state index contributed by atoms with van der Waals surface area (Å²) in [5.74, 6) is 1.47. The minimum absolute atomic E-state index is 0.256. The molecule has 0 atom stereocenters. The molecule has 0 radical (unpaired) electrons. The van der Waals surface area contributed by atoms with Crippen LogP contribution in [0.25, 0.3) is 6.08 Å². The zero-order valence-corrected chi connectivity index (χ0v) is 16.7. The Hall–Kier alpha value is -1.59. The van der Waals surface area contributed by atoms with Gasteiger partial charge in [0, 0.05) is 30.7 Å². The highest BCUT2D eigenvalue weighted by Crippen LogP contribution is 2.26. The Bertz CT molecular complexity index is 649. The van der Waals surface area contributed by atoms with Gasteiger partial charge >= 0.3 is 0 Å². The number of aromatic nitrogens is 2. The van der Waals surface area contributed by atoms with Crippen molar-refractivity contribution >= 4 is 23.5 Å². The molecule has 0 saturated carbocycles. The van der Waals surface area contributed by atoms with Crippen molar-refractivity contribution < 1.29 is 4.74 Å². The number of hydrogen-bond donors (Lipinski definition) is 1. The van der Waals surface area contributed by atoms with E-state index in [1.165, 1.54) is 0 Å². The van der Waals surface area contributed by atoms with Gasteiger partial charge in [-0.3, -0.25) is 0 Å². The van der Waals surface area contributed by atoms with Gasteiger partial charge in [0.1, 0.15) is 11.6 Å². The SMILES string of the molecule is C=C(C)/C(=C\c1c(C)nc(Cl)nc1NC1CCN(C(C)C)CC1)OC. The van der Waals surface area contributed by atoms with E-state index < -0.39 is 0 Å². The van der Waals surface area contributed by atoms with Crippen LogP contribution in [0.4, 0.5) is 5.82 Å². The first-order valence-corrected chi connectivity index (χ1v) is 9.16. The van der Waals surface area contributed by atoms with Crippen molar-refractivity contribution in [3.8, 4) is 0 Å². The molecule has 0 spiro atoms. The average molecular weight is 365 g/mol. The van der Waals surface area contributed by atoms with Gasteiger partial charge in [-0.2, -0.15) is 0 Å². The van der Waals surface area contributed by atoms with Crippen molar-refractivity contribution in [2.45, 2.75) is 52.6 Å². The summed E-state index contributed by atoms with van der Waals surface area (Å²) in [4.78, 5) is 11.2. The lowest BCUT2D eigenvalue weighted by Gasteiger charge is -2.35. The number of allylic oxidation sites excluding steroid dienone is 1. The van der Waals surface area contributed by atoms with Crippen molar-refractivity contribution in [1.29, 1.82) is 0 Å². The van der Waals surface area contributed by atoms with Crippen molar-refractivity contribution in [2.24, 2.45) is 0 Å². The normalized spacial score (nSPS) is 17.0. The number of anilines is 1. The van der Waals surface area contributed by atoms with E-state index >= 15 is 0 Å². The summed E-state index contributed by atoms with van der Waals surface area (Å²) in [5.41, 5.74) is 2.57. The van der Waals surface area contributed by atoms with Crippen LogP contribution in [0.15, 0.2) is 17.9 Å². The predicted octanol–water partition coefficient (Wildman–Crippen LogP) is 4.29. The van der Waals surface area contributed by atoms with Crippen LogP contribution >= 0.6 is 11.6 Å². The lowest BCUT2D eigenvalue weighted by Crippen LogP contribution is -2.42. The van der Waals surface area contributed by atoms with Gasteiger partial charge in [0.2, 0.25) is 5.28 Å². The first kappa shape index (κ1) is 19.7. The number of aryl methyl sites for hydroxylation is 1. The highest BCUT2D eigenvalue weighted by molar-refractivity contribution is 6.28. The van der Waals surface area contributed by atoms with Gasteiger partial charge in [-0.05, 0) is 63.8 Å². The Morgan fingerprint density at radius 2 is 2.00 bits per heavy atom. The zero-order valence-electron chi connectivity index (χ0n) is 15.9. The Labute approximate surface area is 156 Å². The molecule has 2 rings (SSSR count). The predicted molar refractivity (Wildman–Crippen MR) is 105 cm³/mol. The fourth-order valence-corrected chi connectivity index (χ4v) is 3.28. The second-order valence-electron chi connectivity index (χ2n) is 6.88. The maximum absolute atomic E-state index is 6.10. The van der Waals surface area contributed by atoms with E-state index in [4.69, 9.17) is 16.3 Å². The molecule has 138 valence electrons. The van der Waals surface area contributed by atoms with Crippen LogP contribution < -0.4 is 5.32 Å².